The summed E-state index contributed by atoms with van der Waals surface area (Å²) in [4.78, 5) is 19.3. The van der Waals surface area contributed by atoms with Crippen molar-refractivity contribution in [1.29, 1.82) is 0 Å². The van der Waals surface area contributed by atoms with Gasteiger partial charge in [-0.25, -0.2) is 0 Å². The van der Waals surface area contributed by atoms with Crippen molar-refractivity contribution in [1.82, 2.24) is 15.5 Å². The lowest BCUT2D eigenvalue weighted by atomic mass is 10.1. The molecule has 1 aromatic heterocycles. The molecule has 1 aliphatic rings. The van der Waals surface area contributed by atoms with Gasteiger partial charge in [-0.15, -0.1) is 35.3 Å². The highest BCUT2D eigenvalue weighted by Crippen LogP contribution is 2.25. The number of carbonyl (C=O) groups is 1. The maximum absolute atomic E-state index is 11.1. The van der Waals surface area contributed by atoms with Crippen molar-refractivity contribution in [3.63, 3.8) is 0 Å². The van der Waals surface area contributed by atoms with Crippen molar-refractivity contribution < 1.29 is 14.3 Å². The number of aliphatic imine (C=N–C) groups is 1. The minimum absolute atomic E-state index is 0. The Labute approximate surface area is 195 Å². The van der Waals surface area contributed by atoms with E-state index >= 15 is 0 Å². The number of rotatable bonds is 11. The lowest BCUT2D eigenvalue weighted by Gasteiger charge is -2.34. The van der Waals surface area contributed by atoms with Crippen LogP contribution < -0.4 is 10.6 Å². The highest BCUT2D eigenvalue weighted by molar-refractivity contribution is 14.0. The smallest absolute Gasteiger partial charge is 0.305 e. The number of halogens is 1. The second kappa shape index (κ2) is 15.9. The quantitative estimate of drug-likeness (QED) is 0.148. The minimum Gasteiger partial charge on any atom is -0.469 e. The number of nitrogens with zero attached hydrogens (tertiary/aromatic N) is 2. The number of esters is 1. The highest BCUT2D eigenvalue weighted by Gasteiger charge is 2.23. The Morgan fingerprint density at radius 1 is 1.28 bits per heavy atom. The highest BCUT2D eigenvalue weighted by atomic mass is 127. The maximum Gasteiger partial charge on any atom is 0.305 e. The van der Waals surface area contributed by atoms with Gasteiger partial charge in [0.25, 0.3) is 0 Å². The van der Waals surface area contributed by atoms with E-state index in [1.807, 2.05) is 0 Å². The molecule has 1 aromatic rings. The van der Waals surface area contributed by atoms with Crippen LogP contribution in [0.25, 0.3) is 0 Å². The summed E-state index contributed by atoms with van der Waals surface area (Å²) in [6.45, 7) is 5.21. The first-order valence-corrected chi connectivity index (χ1v) is 11.0. The molecule has 2 rings (SSSR count). The van der Waals surface area contributed by atoms with E-state index in [4.69, 9.17) is 4.74 Å². The van der Waals surface area contributed by atoms with Crippen molar-refractivity contribution in [3.05, 3.63) is 22.4 Å². The molecule has 0 aliphatic carbocycles. The Hall–Kier alpha value is -0.910. The van der Waals surface area contributed by atoms with Gasteiger partial charge >= 0.3 is 5.97 Å². The molecule has 0 aromatic carbocycles. The normalized spacial score (nSPS) is 16.0. The third kappa shape index (κ3) is 10.1. The average Bonchev–Trinajstić information content (AvgIpc) is 3.26. The molecule has 1 aliphatic heterocycles. The molecule has 0 radical (unpaired) electrons. The number of carbonyl (C=O) groups excluding carboxylic acids is 1. The number of nitrogens with one attached hydrogen (secondary N) is 2. The zero-order valence-corrected chi connectivity index (χ0v) is 20.7. The summed E-state index contributed by atoms with van der Waals surface area (Å²) >= 11 is 1.80. The molecule has 1 atom stereocenters. The van der Waals surface area contributed by atoms with Crippen molar-refractivity contribution >= 4 is 47.2 Å². The van der Waals surface area contributed by atoms with E-state index in [1.165, 1.54) is 12.0 Å². The molecule has 0 bridgehead atoms. The van der Waals surface area contributed by atoms with E-state index in [2.05, 4.69) is 42.8 Å². The maximum atomic E-state index is 11.1. The van der Waals surface area contributed by atoms with Gasteiger partial charge in [-0.05, 0) is 24.3 Å². The number of guanidine groups is 1. The van der Waals surface area contributed by atoms with Crippen LogP contribution in [0.4, 0.5) is 0 Å². The van der Waals surface area contributed by atoms with Gasteiger partial charge in [0.2, 0.25) is 0 Å². The fourth-order valence-electron chi connectivity index (χ4n) is 3.25. The van der Waals surface area contributed by atoms with Gasteiger partial charge in [-0.2, -0.15) is 0 Å². The molecule has 0 saturated carbocycles. The summed E-state index contributed by atoms with van der Waals surface area (Å²) in [5.41, 5.74) is 0. The zero-order valence-electron chi connectivity index (χ0n) is 17.5. The Morgan fingerprint density at radius 2 is 2.03 bits per heavy atom. The van der Waals surface area contributed by atoms with Crippen LogP contribution in [0, 0.1) is 0 Å². The fourth-order valence-corrected chi connectivity index (χ4v) is 4.11. The molecular formula is C20H35IN4O3S. The molecule has 2 N–H and O–H groups in total. The van der Waals surface area contributed by atoms with Crippen molar-refractivity contribution in [2.45, 2.75) is 38.1 Å². The standard InChI is InChI=1S/C20H34N4O3S.HI/c1-21-20(22-10-6-4-3-5-9-19(25)26-2)23-16-17(18-8-7-15-28-18)24-11-13-27-14-12-24;/h7-8,15,17H,3-6,9-14,16H2,1-2H3,(H2,21,22,23);1H. The van der Waals surface area contributed by atoms with E-state index < -0.39 is 0 Å². The largest absolute Gasteiger partial charge is 0.469 e. The average molecular weight is 538 g/mol. The fraction of sp³-hybridized carbons (Fsp3) is 0.700. The molecular weight excluding hydrogens is 503 g/mol. The van der Waals surface area contributed by atoms with E-state index in [9.17, 15) is 4.79 Å². The molecule has 166 valence electrons. The number of unbranched alkanes of at least 4 members (excludes halogenated alkanes) is 3. The van der Waals surface area contributed by atoms with Gasteiger partial charge in [-0.1, -0.05) is 18.9 Å². The summed E-state index contributed by atoms with van der Waals surface area (Å²) in [5.74, 6) is 0.715. The van der Waals surface area contributed by atoms with Crippen molar-refractivity contribution in [3.8, 4) is 0 Å². The van der Waals surface area contributed by atoms with Gasteiger partial charge < -0.3 is 20.1 Å². The SMILES string of the molecule is CN=C(NCCCCCCC(=O)OC)NCC(c1cccs1)N1CCOCC1.I. The summed E-state index contributed by atoms with van der Waals surface area (Å²) in [7, 11) is 3.24. The van der Waals surface area contributed by atoms with E-state index in [0.717, 1.165) is 71.0 Å². The van der Waals surface area contributed by atoms with Crippen molar-refractivity contribution in [2.24, 2.45) is 4.99 Å². The van der Waals surface area contributed by atoms with E-state index in [1.54, 1.807) is 18.4 Å². The summed E-state index contributed by atoms with van der Waals surface area (Å²) < 4.78 is 10.2. The van der Waals surface area contributed by atoms with Gasteiger partial charge in [0.1, 0.15) is 0 Å². The Balaban J connectivity index is 0.00000420. The number of hydrogen-bond acceptors (Lipinski definition) is 6. The monoisotopic (exact) mass is 538 g/mol. The molecule has 7 nitrogen and oxygen atoms in total. The van der Waals surface area contributed by atoms with Crippen LogP contribution >= 0.6 is 35.3 Å². The third-order valence-electron chi connectivity index (χ3n) is 4.87. The van der Waals surface area contributed by atoms with Gasteiger partial charge in [0.15, 0.2) is 5.96 Å². The van der Waals surface area contributed by atoms with Crippen LogP contribution in [-0.4, -0.2) is 70.4 Å². The molecule has 0 amide bonds. The number of methoxy groups -OCH3 is 1. The minimum atomic E-state index is -0.122. The second-order valence-electron chi connectivity index (χ2n) is 6.80. The molecule has 0 spiro atoms. The van der Waals surface area contributed by atoms with Crippen LogP contribution in [-0.2, 0) is 14.3 Å². The Bertz CT molecular complexity index is 580. The first-order valence-electron chi connectivity index (χ1n) is 10.1. The van der Waals surface area contributed by atoms with Crippen molar-refractivity contribution in [2.75, 3.05) is 53.6 Å². The molecule has 1 fully saturated rings. The lowest BCUT2D eigenvalue weighted by molar-refractivity contribution is -0.140. The summed E-state index contributed by atoms with van der Waals surface area (Å²) in [6, 6.07) is 4.65. The number of morpholine rings is 1. The van der Waals surface area contributed by atoms with Gasteiger partial charge in [-0.3, -0.25) is 14.7 Å². The third-order valence-corrected chi connectivity index (χ3v) is 5.85. The van der Waals surface area contributed by atoms with Crippen LogP contribution in [0.5, 0.6) is 0 Å². The van der Waals surface area contributed by atoms with Gasteiger partial charge in [0, 0.05) is 44.5 Å². The predicted octanol–water partition coefficient (Wildman–Crippen LogP) is 3.03. The Morgan fingerprint density at radius 3 is 2.69 bits per heavy atom. The van der Waals surface area contributed by atoms with E-state index in [-0.39, 0.29) is 29.9 Å². The van der Waals surface area contributed by atoms with Crippen LogP contribution in [0.3, 0.4) is 0 Å². The van der Waals surface area contributed by atoms with E-state index in [0.29, 0.717) is 12.5 Å². The molecule has 9 heteroatoms. The first-order chi connectivity index (χ1) is 13.7. The van der Waals surface area contributed by atoms with Crippen LogP contribution in [0.15, 0.2) is 22.5 Å². The molecule has 1 unspecified atom stereocenters. The number of ether oxygens (including phenoxy) is 2. The first kappa shape index (κ1) is 26.1. The predicted molar refractivity (Wildman–Crippen MR) is 129 cm³/mol. The molecule has 1 saturated heterocycles. The number of thiophene rings is 1. The molecule has 29 heavy (non-hydrogen) atoms. The summed E-state index contributed by atoms with van der Waals surface area (Å²) in [5, 5.41) is 9.01. The lowest BCUT2D eigenvalue weighted by Crippen LogP contribution is -2.46. The topological polar surface area (TPSA) is 75.2 Å². The van der Waals surface area contributed by atoms with Gasteiger partial charge in [0.05, 0.1) is 26.4 Å². The summed E-state index contributed by atoms with van der Waals surface area (Å²) in [6.07, 6.45) is 4.59. The van der Waals surface area contributed by atoms with Crippen LogP contribution in [0.2, 0.25) is 0 Å². The number of hydrogen-bond donors (Lipinski definition) is 2. The Kier molecular flexibility index (Phi) is 14.3. The molecule has 2 heterocycles. The second-order valence-corrected chi connectivity index (χ2v) is 7.78. The van der Waals surface area contributed by atoms with Crippen LogP contribution in [0.1, 0.15) is 43.0 Å². The zero-order chi connectivity index (χ0) is 20.0.